The number of nitrogens with zero attached hydrogens (tertiary/aromatic N) is 2. The van der Waals surface area contributed by atoms with E-state index in [4.69, 9.17) is 9.47 Å². The van der Waals surface area contributed by atoms with Crippen molar-refractivity contribution in [3.8, 4) is 5.88 Å². The van der Waals surface area contributed by atoms with Crippen LogP contribution in [-0.4, -0.2) is 42.9 Å². The molecule has 1 N–H and O–H groups in total. The topological polar surface area (TPSA) is 108 Å². The van der Waals surface area contributed by atoms with Crippen molar-refractivity contribution < 1.29 is 31.8 Å². The van der Waals surface area contributed by atoms with Crippen LogP contribution in [0.5, 0.6) is 5.88 Å². The molecule has 0 fully saturated rings. The number of hydrogen-bond donors (Lipinski definition) is 1. The van der Waals surface area contributed by atoms with Crippen molar-refractivity contribution in [1.82, 2.24) is 9.55 Å². The van der Waals surface area contributed by atoms with Crippen molar-refractivity contribution in [2.45, 2.75) is 42.4 Å². The van der Waals surface area contributed by atoms with E-state index in [1.807, 2.05) is 0 Å². The van der Waals surface area contributed by atoms with Gasteiger partial charge in [0, 0.05) is 17.6 Å². The van der Waals surface area contributed by atoms with Crippen molar-refractivity contribution >= 4 is 25.8 Å². The highest BCUT2D eigenvalue weighted by molar-refractivity contribution is 9.10. The summed E-state index contributed by atoms with van der Waals surface area (Å²) in [5.74, 6) is -2.89. The van der Waals surface area contributed by atoms with E-state index in [0.29, 0.717) is 10.5 Å². The van der Waals surface area contributed by atoms with Crippen LogP contribution in [0.1, 0.15) is 31.3 Å². The highest BCUT2D eigenvalue weighted by Gasteiger charge is 2.32. The van der Waals surface area contributed by atoms with Gasteiger partial charge in [-0.3, -0.25) is 9.36 Å². The maximum Gasteiger partial charge on any atom is 0.296 e. The second kappa shape index (κ2) is 10.9. The zero-order chi connectivity index (χ0) is 25.9. The Morgan fingerprint density at radius 2 is 1.71 bits per heavy atom. The fraction of sp³-hybridized carbons (Fsp3) is 0.304. The Labute approximate surface area is 209 Å². The van der Waals surface area contributed by atoms with Gasteiger partial charge in [-0.1, -0.05) is 15.9 Å². The van der Waals surface area contributed by atoms with Gasteiger partial charge in [0.15, 0.2) is 4.90 Å². The Hall–Kier alpha value is -2.67. The molecule has 0 amide bonds. The number of aromatic nitrogens is 2. The molecule has 1 atom stereocenters. The second-order valence-electron chi connectivity index (χ2n) is 7.85. The average molecular weight is 573 g/mol. The zero-order valence-electron chi connectivity index (χ0n) is 19.0. The van der Waals surface area contributed by atoms with Gasteiger partial charge in [0.25, 0.3) is 5.56 Å². The number of ether oxygens (including phenoxy) is 2. The van der Waals surface area contributed by atoms with Crippen LogP contribution in [0.25, 0.3) is 0 Å². The smallest absolute Gasteiger partial charge is 0.296 e. The summed E-state index contributed by atoms with van der Waals surface area (Å²) in [7, 11) is -3.21. The minimum atomic E-state index is -4.53. The van der Waals surface area contributed by atoms with Crippen molar-refractivity contribution in [3.63, 3.8) is 0 Å². The Morgan fingerprint density at radius 1 is 1.11 bits per heavy atom. The average Bonchev–Trinajstić information content (AvgIpc) is 2.76. The third-order valence-corrected chi connectivity index (χ3v) is 7.29. The van der Waals surface area contributed by atoms with Crippen LogP contribution in [0.2, 0.25) is 0 Å². The lowest BCUT2D eigenvalue weighted by molar-refractivity contribution is 0.0554. The molecule has 3 aromatic rings. The summed E-state index contributed by atoms with van der Waals surface area (Å²) in [5, 5.41) is 11.2. The van der Waals surface area contributed by atoms with E-state index in [0.717, 1.165) is 16.7 Å². The molecule has 12 heteroatoms. The number of methoxy groups -OCH3 is 1. The molecule has 3 rings (SSSR count). The molecule has 0 aliphatic heterocycles. The first-order chi connectivity index (χ1) is 16.4. The molecule has 0 radical (unpaired) electrons. The third-order valence-electron chi connectivity index (χ3n) is 4.98. The van der Waals surface area contributed by atoms with Gasteiger partial charge in [0.05, 0.1) is 23.6 Å². The molecule has 35 heavy (non-hydrogen) atoms. The van der Waals surface area contributed by atoms with Crippen LogP contribution < -0.4 is 5.56 Å². The summed E-state index contributed by atoms with van der Waals surface area (Å²) in [6, 6.07) is 6.99. The van der Waals surface area contributed by atoms with Crippen LogP contribution in [0, 0.1) is 11.6 Å². The molecular formula is C23H23BrF2N2O6S. The van der Waals surface area contributed by atoms with Crippen LogP contribution in [0.3, 0.4) is 0 Å². The number of halogens is 3. The van der Waals surface area contributed by atoms with Crippen LogP contribution in [-0.2, 0) is 25.9 Å². The van der Waals surface area contributed by atoms with Gasteiger partial charge in [-0.2, -0.15) is 4.98 Å². The third kappa shape index (κ3) is 5.95. The molecule has 1 heterocycles. The van der Waals surface area contributed by atoms with Gasteiger partial charge >= 0.3 is 0 Å². The van der Waals surface area contributed by atoms with Crippen LogP contribution >= 0.6 is 15.9 Å². The molecule has 1 aromatic heterocycles. The SMILES string of the molecule is COCC(c1cc(F)cc(F)c1)n1c(COC(C)C)nc(=O)c(S(=O)(=O)c2ccc(Br)cc2)c1O. The van der Waals surface area contributed by atoms with E-state index in [-0.39, 0.29) is 35.6 Å². The monoisotopic (exact) mass is 572 g/mol. The number of rotatable bonds is 9. The molecule has 0 saturated carbocycles. The van der Waals surface area contributed by atoms with Crippen molar-refractivity contribution in [2.24, 2.45) is 0 Å². The number of hydrogen-bond acceptors (Lipinski definition) is 7. The van der Waals surface area contributed by atoms with E-state index in [2.05, 4.69) is 20.9 Å². The summed E-state index contributed by atoms with van der Waals surface area (Å²) in [5.41, 5.74) is -1.19. The first-order valence-corrected chi connectivity index (χ1v) is 12.6. The van der Waals surface area contributed by atoms with E-state index in [1.54, 1.807) is 13.8 Å². The lowest BCUT2D eigenvalue weighted by Crippen LogP contribution is -2.30. The molecule has 1 unspecified atom stereocenters. The summed E-state index contributed by atoms with van der Waals surface area (Å²) in [6.45, 7) is 2.91. The first-order valence-electron chi connectivity index (χ1n) is 10.4. The molecule has 0 bridgehead atoms. The predicted octanol–water partition coefficient (Wildman–Crippen LogP) is 3.98. The number of aromatic hydroxyl groups is 1. The second-order valence-corrected chi connectivity index (χ2v) is 10.6. The van der Waals surface area contributed by atoms with E-state index in [9.17, 15) is 27.1 Å². The number of benzene rings is 2. The highest BCUT2D eigenvalue weighted by atomic mass is 79.9. The van der Waals surface area contributed by atoms with E-state index < -0.39 is 43.8 Å². The summed E-state index contributed by atoms with van der Waals surface area (Å²) >= 11 is 3.21. The fourth-order valence-corrected chi connectivity index (χ4v) is 5.04. The molecule has 0 aliphatic carbocycles. The maximum atomic E-state index is 14.0. The Morgan fingerprint density at radius 3 is 2.26 bits per heavy atom. The minimum Gasteiger partial charge on any atom is -0.493 e. The quantitative estimate of drug-likeness (QED) is 0.413. The highest BCUT2D eigenvalue weighted by Crippen LogP contribution is 2.32. The Kier molecular flexibility index (Phi) is 8.42. The van der Waals surface area contributed by atoms with Gasteiger partial charge < -0.3 is 14.6 Å². The summed E-state index contributed by atoms with van der Waals surface area (Å²) < 4.78 is 67.1. The molecule has 188 valence electrons. The van der Waals surface area contributed by atoms with Crippen molar-refractivity contribution in [3.05, 3.63) is 80.3 Å². The maximum absolute atomic E-state index is 14.0. The normalized spacial score (nSPS) is 12.8. The van der Waals surface area contributed by atoms with Crippen LogP contribution in [0.4, 0.5) is 8.78 Å². The standard InChI is InChI=1S/C23H23BrF2N2O6S/c1-13(2)34-12-20-27-22(29)21(35(31,32)18-6-4-15(24)5-7-18)23(30)28(20)19(11-33-3)14-8-16(25)10-17(26)9-14/h4-10,13,19,30H,11-12H2,1-3H3. The minimum absolute atomic E-state index is 0.0166. The van der Waals surface area contributed by atoms with Crippen LogP contribution in [0.15, 0.2) is 61.5 Å². The largest absolute Gasteiger partial charge is 0.493 e. The van der Waals surface area contributed by atoms with Gasteiger partial charge in [-0.05, 0) is 55.8 Å². The molecule has 8 nitrogen and oxygen atoms in total. The molecule has 0 spiro atoms. The van der Waals surface area contributed by atoms with E-state index in [1.165, 1.54) is 31.4 Å². The van der Waals surface area contributed by atoms with E-state index >= 15 is 0 Å². The Balaban J connectivity index is 2.33. The zero-order valence-corrected chi connectivity index (χ0v) is 21.4. The summed E-state index contributed by atoms with van der Waals surface area (Å²) in [4.78, 5) is 15.5. The first kappa shape index (κ1) is 26.9. The molecule has 0 saturated heterocycles. The summed E-state index contributed by atoms with van der Waals surface area (Å²) in [6.07, 6.45) is -0.304. The van der Waals surface area contributed by atoms with Gasteiger partial charge in [-0.15, -0.1) is 0 Å². The Bertz CT molecular complexity index is 1360. The molecule has 2 aromatic carbocycles. The predicted molar refractivity (Wildman–Crippen MR) is 126 cm³/mol. The number of sulfone groups is 1. The van der Waals surface area contributed by atoms with Crippen molar-refractivity contribution in [2.75, 3.05) is 13.7 Å². The van der Waals surface area contributed by atoms with Gasteiger partial charge in [-0.25, -0.2) is 17.2 Å². The molecule has 0 aliphatic rings. The lowest BCUT2D eigenvalue weighted by atomic mass is 10.1. The van der Waals surface area contributed by atoms with Gasteiger partial charge in [0.1, 0.15) is 24.1 Å². The van der Waals surface area contributed by atoms with Gasteiger partial charge in [0.2, 0.25) is 15.7 Å². The fourth-order valence-electron chi connectivity index (χ4n) is 3.43. The molecular weight excluding hydrogens is 550 g/mol. The lowest BCUT2D eigenvalue weighted by Gasteiger charge is -2.26. The van der Waals surface area contributed by atoms with Crippen molar-refractivity contribution in [1.29, 1.82) is 0 Å².